The molecule has 0 atom stereocenters. The van der Waals surface area contributed by atoms with Crippen LogP contribution in [0.1, 0.15) is 15.2 Å². The number of hydrogen-bond donors (Lipinski definition) is 1. The molecule has 1 N–H and O–H groups in total. The van der Waals surface area contributed by atoms with E-state index in [-0.39, 0.29) is 16.1 Å². The van der Waals surface area contributed by atoms with Gasteiger partial charge in [-0.2, -0.15) is 0 Å². The third-order valence-electron chi connectivity index (χ3n) is 2.72. The van der Waals surface area contributed by atoms with E-state index in [1.54, 1.807) is 18.4 Å². The summed E-state index contributed by atoms with van der Waals surface area (Å²) in [7, 11) is -2.58. The minimum Gasteiger partial charge on any atom is -0.465 e. The van der Waals surface area contributed by atoms with Crippen molar-refractivity contribution in [2.24, 2.45) is 0 Å². The highest BCUT2D eigenvalue weighted by atomic mass is 35.5. The van der Waals surface area contributed by atoms with Gasteiger partial charge in [0.1, 0.15) is 0 Å². The van der Waals surface area contributed by atoms with Gasteiger partial charge in [-0.3, -0.25) is 4.72 Å². The number of nitrogens with one attached hydrogen (secondary N) is 1. The molecule has 8 heteroatoms. The number of thiophene rings is 1. The molecule has 0 saturated carbocycles. The molecule has 0 aliphatic rings. The number of methoxy groups -OCH3 is 1. The third-order valence-corrected chi connectivity index (χ3v) is 5.22. The molecule has 0 spiro atoms. The Hall–Kier alpha value is -1.57. The SMILES string of the molecule is COC(=O)c1c(NS(=O)(=O)c2cccc(Cl)c2)csc1C. The van der Waals surface area contributed by atoms with Crippen molar-refractivity contribution in [3.05, 3.63) is 45.1 Å². The number of carbonyl (C=O) groups is 1. The summed E-state index contributed by atoms with van der Waals surface area (Å²) in [5.74, 6) is -0.586. The van der Waals surface area contributed by atoms with Crippen LogP contribution in [0.4, 0.5) is 5.69 Å². The molecular formula is C13H12ClNO4S2. The minimum atomic E-state index is -3.82. The second kappa shape index (κ2) is 6.05. The van der Waals surface area contributed by atoms with Crippen molar-refractivity contribution in [2.45, 2.75) is 11.8 Å². The maximum Gasteiger partial charge on any atom is 0.341 e. The molecule has 0 aliphatic carbocycles. The number of halogens is 1. The Bertz CT molecular complexity index is 783. The first kappa shape index (κ1) is 15.8. The molecule has 0 aliphatic heterocycles. The zero-order valence-corrected chi connectivity index (χ0v) is 13.6. The van der Waals surface area contributed by atoms with Gasteiger partial charge in [0.15, 0.2) is 0 Å². The van der Waals surface area contributed by atoms with Gasteiger partial charge in [-0.25, -0.2) is 13.2 Å². The van der Waals surface area contributed by atoms with E-state index >= 15 is 0 Å². The molecule has 2 rings (SSSR count). The quantitative estimate of drug-likeness (QED) is 0.863. The van der Waals surface area contributed by atoms with E-state index in [0.717, 1.165) is 0 Å². The van der Waals surface area contributed by atoms with Gasteiger partial charge in [0, 0.05) is 15.3 Å². The van der Waals surface area contributed by atoms with Gasteiger partial charge in [0.25, 0.3) is 10.0 Å². The topological polar surface area (TPSA) is 72.5 Å². The van der Waals surface area contributed by atoms with Crippen LogP contribution in [0.3, 0.4) is 0 Å². The molecule has 1 heterocycles. The van der Waals surface area contributed by atoms with Gasteiger partial charge in [-0.1, -0.05) is 17.7 Å². The number of carbonyl (C=O) groups excluding carboxylic acids is 1. The second-order valence-corrected chi connectivity index (χ2v) is 7.34. The van der Waals surface area contributed by atoms with E-state index in [4.69, 9.17) is 11.6 Å². The van der Waals surface area contributed by atoms with Crippen molar-refractivity contribution in [2.75, 3.05) is 11.8 Å². The highest BCUT2D eigenvalue weighted by Crippen LogP contribution is 2.29. The van der Waals surface area contributed by atoms with Crippen molar-refractivity contribution in [3.8, 4) is 0 Å². The Morgan fingerprint density at radius 1 is 1.38 bits per heavy atom. The number of sulfonamides is 1. The molecule has 0 bridgehead atoms. The number of rotatable bonds is 4. The molecule has 5 nitrogen and oxygen atoms in total. The number of benzene rings is 1. The van der Waals surface area contributed by atoms with Crippen LogP contribution >= 0.6 is 22.9 Å². The summed E-state index contributed by atoms with van der Waals surface area (Å²) in [6.45, 7) is 1.72. The van der Waals surface area contributed by atoms with Crippen molar-refractivity contribution >= 4 is 44.6 Å². The standard InChI is InChI=1S/C13H12ClNO4S2/c1-8-12(13(16)19-2)11(7-20-8)15-21(17,18)10-5-3-4-9(14)6-10/h3-7,15H,1-2H3. The molecule has 0 radical (unpaired) electrons. The number of hydrogen-bond acceptors (Lipinski definition) is 5. The molecule has 21 heavy (non-hydrogen) atoms. The van der Waals surface area contributed by atoms with Gasteiger partial charge >= 0.3 is 5.97 Å². The third kappa shape index (κ3) is 3.37. The molecule has 0 fully saturated rings. The highest BCUT2D eigenvalue weighted by molar-refractivity contribution is 7.92. The van der Waals surface area contributed by atoms with E-state index in [1.807, 2.05) is 0 Å². The smallest absolute Gasteiger partial charge is 0.341 e. The maximum absolute atomic E-state index is 12.3. The first-order chi connectivity index (χ1) is 9.85. The number of anilines is 1. The van der Waals surface area contributed by atoms with Crippen LogP contribution < -0.4 is 4.72 Å². The molecule has 1 aromatic heterocycles. The summed E-state index contributed by atoms with van der Waals surface area (Å²) in [6, 6.07) is 5.87. The molecule has 0 unspecified atom stereocenters. The normalized spacial score (nSPS) is 11.2. The first-order valence-electron chi connectivity index (χ1n) is 5.80. The van der Waals surface area contributed by atoms with Crippen LogP contribution in [0.25, 0.3) is 0 Å². The molecule has 112 valence electrons. The average molecular weight is 346 g/mol. The lowest BCUT2D eigenvalue weighted by Crippen LogP contribution is -2.15. The van der Waals surface area contributed by atoms with Gasteiger partial charge in [0.2, 0.25) is 0 Å². The monoisotopic (exact) mass is 345 g/mol. The predicted molar refractivity (Wildman–Crippen MR) is 82.7 cm³/mol. The number of esters is 1. The van der Waals surface area contributed by atoms with Crippen LogP contribution in [-0.2, 0) is 14.8 Å². The zero-order chi connectivity index (χ0) is 15.6. The van der Waals surface area contributed by atoms with Crippen molar-refractivity contribution < 1.29 is 17.9 Å². The maximum atomic E-state index is 12.3. The van der Waals surface area contributed by atoms with Gasteiger partial charge in [-0.15, -0.1) is 11.3 Å². The number of aryl methyl sites for hydroxylation is 1. The van der Waals surface area contributed by atoms with E-state index in [9.17, 15) is 13.2 Å². The summed E-state index contributed by atoms with van der Waals surface area (Å²) < 4.78 is 31.7. The second-order valence-electron chi connectivity index (χ2n) is 4.14. The van der Waals surface area contributed by atoms with E-state index < -0.39 is 16.0 Å². The van der Waals surface area contributed by atoms with Crippen LogP contribution in [0.2, 0.25) is 5.02 Å². The van der Waals surface area contributed by atoms with Crippen molar-refractivity contribution in [3.63, 3.8) is 0 Å². The minimum absolute atomic E-state index is 0.0228. The Morgan fingerprint density at radius 2 is 2.10 bits per heavy atom. The fourth-order valence-corrected chi connectivity index (χ4v) is 3.94. The van der Waals surface area contributed by atoms with E-state index in [1.165, 1.54) is 36.6 Å². The fourth-order valence-electron chi connectivity index (χ4n) is 1.72. The molecule has 2 aromatic rings. The average Bonchev–Trinajstić information content (AvgIpc) is 2.78. The molecule has 1 aromatic carbocycles. The van der Waals surface area contributed by atoms with Crippen molar-refractivity contribution in [1.82, 2.24) is 0 Å². The highest BCUT2D eigenvalue weighted by Gasteiger charge is 2.22. The lowest BCUT2D eigenvalue weighted by Gasteiger charge is -2.09. The summed E-state index contributed by atoms with van der Waals surface area (Å²) in [5.41, 5.74) is 0.414. The lowest BCUT2D eigenvalue weighted by molar-refractivity contribution is 0.0602. The Labute approximate surface area is 131 Å². The van der Waals surface area contributed by atoms with Crippen LogP contribution in [0, 0.1) is 6.92 Å². The summed E-state index contributed by atoms with van der Waals surface area (Å²) >= 11 is 7.06. The largest absolute Gasteiger partial charge is 0.465 e. The summed E-state index contributed by atoms with van der Waals surface area (Å²) in [6.07, 6.45) is 0. The van der Waals surface area contributed by atoms with Gasteiger partial charge in [0.05, 0.1) is 23.3 Å². The van der Waals surface area contributed by atoms with Crippen LogP contribution in [-0.4, -0.2) is 21.5 Å². The van der Waals surface area contributed by atoms with Crippen LogP contribution in [0.15, 0.2) is 34.5 Å². The Kier molecular flexibility index (Phi) is 4.55. The van der Waals surface area contributed by atoms with Crippen molar-refractivity contribution in [1.29, 1.82) is 0 Å². The summed E-state index contributed by atoms with van der Waals surface area (Å²) in [4.78, 5) is 12.4. The Balaban J connectivity index is 2.40. The van der Waals surface area contributed by atoms with Gasteiger partial charge in [-0.05, 0) is 25.1 Å². The fraction of sp³-hybridized carbons (Fsp3) is 0.154. The van der Waals surface area contributed by atoms with Gasteiger partial charge < -0.3 is 4.74 Å². The first-order valence-corrected chi connectivity index (χ1v) is 8.54. The zero-order valence-electron chi connectivity index (χ0n) is 11.2. The molecule has 0 amide bonds. The number of ether oxygens (including phenoxy) is 1. The predicted octanol–water partition coefficient (Wildman–Crippen LogP) is 3.30. The Morgan fingerprint density at radius 3 is 2.71 bits per heavy atom. The van der Waals surface area contributed by atoms with E-state index in [2.05, 4.69) is 9.46 Å². The summed E-state index contributed by atoms with van der Waals surface area (Å²) in [5, 5.41) is 1.87. The van der Waals surface area contributed by atoms with Crippen LogP contribution in [0.5, 0.6) is 0 Å². The molecular weight excluding hydrogens is 334 g/mol. The molecule has 0 saturated heterocycles. The van der Waals surface area contributed by atoms with E-state index in [0.29, 0.717) is 9.90 Å². The lowest BCUT2D eigenvalue weighted by atomic mass is 10.2.